The normalized spacial score (nSPS) is 23.4. The van der Waals surface area contributed by atoms with Gasteiger partial charge in [0.25, 0.3) is 5.91 Å². The van der Waals surface area contributed by atoms with Crippen LogP contribution >= 0.6 is 11.8 Å². The van der Waals surface area contributed by atoms with E-state index < -0.39 is 0 Å². The lowest BCUT2D eigenvalue weighted by molar-refractivity contribution is -0.113. The second-order valence-corrected chi connectivity index (χ2v) is 9.23. The first-order valence-corrected chi connectivity index (χ1v) is 11.6. The lowest BCUT2D eigenvalue weighted by atomic mass is 9.69. The van der Waals surface area contributed by atoms with Crippen molar-refractivity contribution in [3.8, 4) is 0 Å². The summed E-state index contributed by atoms with van der Waals surface area (Å²) in [7, 11) is 1.73. The van der Waals surface area contributed by atoms with Crippen molar-refractivity contribution >= 4 is 29.3 Å². The molecule has 2 aliphatic carbocycles. The zero-order chi connectivity index (χ0) is 20.9. The highest BCUT2D eigenvalue weighted by Crippen LogP contribution is 2.40. The van der Waals surface area contributed by atoms with E-state index in [-0.39, 0.29) is 23.6 Å². The number of nitrogens with zero attached hydrogens (tertiary/aromatic N) is 4. The van der Waals surface area contributed by atoms with Crippen molar-refractivity contribution in [1.29, 1.82) is 0 Å². The van der Waals surface area contributed by atoms with Gasteiger partial charge in [0.15, 0.2) is 0 Å². The average molecular weight is 429 g/mol. The molecule has 2 aliphatic rings. The number of carbonyl (C=O) groups excluding carboxylic acids is 2. The van der Waals surface area contributed by atoms with Crippen LogP contribution in [-0.4, -0.2) is 43.8 Å². The van der Waals surface area contributed by atoms with Crippen LogP contribution in [0.15, 0.2) is 29.4 Å². The third-order valence-corrected chi connectivity index (χ3v) is 7.23. The van der Waals surface area contributed by atoms with Crippen molar-refractivity contribution in [1.82, 2.24) is 25.5 Å². The fourth-order valence-electron chi connectivity index (χ4n) is 4.65. The lowest BCUT2D eigenvalue weighted by Gasteiger charge is -2.39. The van der Waals surface area contributed by atoms with E-state index in [4.69, 9.17) is 0 Å². The van der Waals surface area contributed by atoms with Crippen molar-refractivity contribution in [3.63, 3.8) is 0 Å². The third-order valence-electron chi connectivity index (χ3n) is 6.22. The molecule has 2 N–H and O–H groups in total. The van der Waals surface area contributed by atoms with Crippen LogP contribution in [0.3, 0.4) is 0 Å². The second-order valence-electron chi connectivity index (χ2n) is 8.29. The van der Waals surface area contributed by atoms with E-state index in [0.717, 1.165) is 24.7 Å². The molecule has 0 spiro atoms. The fourth-order valence-corrected chi connectivity index (χ4v) is 5.30. The van der Waals surface area contributed by atoms with Gasteiger partial charge >= 0.3 is 0 Å². The maximum atomic E-state index is 12.6. The van der Waals surface area contributed by atoms with Crippen LogP contribution in [0.25, 0.3) is 0 Å². The van der Waals surface area contributed by atoms with Gasteiger partial charge in [0.2, 0.25) is 11.1 Å². The van der Waals surface area contributed by atoms with Gasteiger partial charge in [-0.05, 0) is 65.8 Å². The Bertz CT molecular complexity index is 884. The van der Waals surface area contributed by atoms with Gasteiger partial charge in [0, 0.05) is 24.3 Å². The van der Waals surface area contributed by atoms with E-state index in [2.05, 4.69) is 26.2 Å². The van der Waals surface area contributed by atoms with Gasteiger partial charge in [0.1, 0.15) is 0 Å². The van der Waals surface area contributed by atoms with E-state index >= 15 is 0 Å². The molecule has 160 valence electrons. The summed E-state index contributed by atoms with van der Waals surface area (Å²) in [5.41, 5.74) is 1.29. The Morgan fingerprint density at radius 2 is 1.87 bits per heavy atom. The number of tetrazole rings is 1. The van der Waals surface area contributed by atoms with E-state index in [1.54, 1.807) is 31.3 Å². The Labute approximate surface area is 180 Å². The van der Waals surface area contributed by atoms with Gasteiger partial charge in [-0.1, -0.05) is 37.4 Å². The van der Waals surface area contributed by atoms with Crippen molar-refractivity contribution in [2.75, 3.05) is 11.1 Å². The monoisotopic (exact) mass is 428 g/mol. The first kappa shape index (κ1) is 20.8. The minimum absolute atomic E-state index is 0.0301. The zero-order valence-electron chi connectivity index (χ0n) is 17.2. The Morgan fingerprint density at radius 3 is 2.60 bits per heavy atom. The molecule has 0 radical (unpaired) electrons. The maximum absolute atomic E-state index is 12.6. The highest BCUT2D eigenvalue weighted by molar-refractivity contribution is 7.99. The summed E-state index contributed by atoms with van der Waals surface area (Å²) >= 11 is 1.27. The molecule has 0 unspecified atom stereocenters. The standard InChI is InChI=1S/C21H28N6O2S/c1-27-21(24-25-26-27)30-13-19(28)22-17-9-7-15(8-10-17)20(29)23-18-11-6-14-4-2-3-5-16(14)12-18/h7-10,14,16,18H,2-6,11-13H2,1H3,(H,22,28)(H,23,29)/t14-,16+,18+/m0/s1. The van der Waals surface area contributed by atoms with Crippen LogP contribution in [0.5, 0.6) is 0 Å². The Kier molecular flexibility index (Phi) is 6.66. The molecule has 2 amide bonds. The van der Waals surface area contributed by atoms with Crippen LogP contribution < -0.4 is 10.6 Å². The number of nitrogens with one attached hydrogen (secondary N) is 2. The number of hydrogen-bond donors (Lipinski definition) is 2. The summed E-state index contributed by atoms with van der Waals surface area (Å²) in [5.74, 6) is 1.69. The number of amides is 2. The molecule has 3 atom stereocenters. The molecule has 1 heterocycles. The number of hydrogen-bond acceptors (Lipinski definition) is 6. The van der Waals surface area contributed by atoms with Crippen molar-refractivity contribution in [2.24, 2.45) is 18.9 Å². The first-order chi connectivity index (χ1) is 14.6. The van der Waals surface area contributed by atoms with E-state index in [0.29, 0.717) is 16.4 Å². The van der Waals surface area contributed by atoms with Crippen LogP contribution in [0.4, 0.5) is 5.69 Å². The molecule has 0 bridgehead atoms. The van der Waals surface area contributed by atoms with Crippen LogP contribution in [0, 0.1) is 11.8 Å². The smallest absolute Gasteiger partial charge is 0.251 e. The summed E-state index contributed by atoms with van der Waals surface area (Å²) in [6.07, 6.45) is 8.83. The van der Waals surface area contributed by atoms with E-state index in [9.17, 15) is 9.59 Å². The third kappa shape index (κ3) is 5.19. The van der Waals surface area contributed by atoms with Gasteiger partial charge in [-0.25, -0.2) is 4.68 Å². The highest BCUT2D eigenvalue weighted by atomic mass is 32.2. The van der Waals surface area contributed by atoms with Crippen LogP contribution in [0.2, 0.25) is 0 Å². The molecular weight excluding hydrogens is 400 g/mol. The molecular formula is C21H28N6O2S. The van der Waals surface area contributed by atoms with Gasteiger partial charge in [-0.15, -0.1) is 5.10 Å². The van der Waals surface area contributed by atoms with Gasteiger partial charge in [0.05, 0.1) is 5.75 Å². The molecule has 0 saturated heterocycles. The number of benzene rings is 1. The number of thioether (sulfide) groups is 1. The molecule has 30 heavy (non-hydrogen) atoms. The molecule has 1 aromatic carbocycles. The predicted octanol–water partition coefficient (Wildman–Crippen LogP) is 3.03. The average Bonchev–Trinajstić information content (AvgIpc) is 3.17. The minimum Gasteiger partial charge on any atom is -0.349 e. The predicted molar refractivity (Wildman–Crippen MR) is 115 cm³/mol. The number of carbonyl (C=O) groups is 2. The van der Waals surface area contributed by atoms with Crippen LogP contribution in [-0.2, 0) is 11.8 Å². The van der Waals surface area contributed by atoms with Crippen molar-refractivity contribution in [3.05, 3.63) is 29.8 Å². The number of anilines is 1. The molecule has 1 aromatic heterocycles. The van der Waals surface area contributed by atoms with Crippen molar-refractivity contribution < 1.29 is 9.59 Å². The number of aryl methyl sites for hydroxylation is 1. The fraction of sp³-hybridized carbons (Fsp3) is 0.571. The largest absolute Gasteiger partial charge is 0.349 e. The summed E-state index contributed by atoms with van der Waals surface area (Å²) in [5, 5.41) is 17.7. The summed E-state index contributed by atoms with van der Waals surface area (Å²) in [6, 6.07) is 7.33. The molecule has 2 fully saturated rings. The zero-order valence-corrected chi connectivity index (χ0v) is 18.0. The van der Waals surface area contributed by atoms with E-state index in [1.807, 2.05) is 0 Å². The quantitative estimate of drug-likeness (QED) is 0.686. The molecule has 8 nitrogen and oxygen atoms in total. The highest BCUT2D eigenvalue weighted by Gasteiger charge is 2.32. The van der Waals surface area contributed by atoms with Gasteiger partial charge < -0.3 is 10.6 Å². The van der Waals surface area contributed by atoms with Crippen molar-refractivity contribution in [2.45, 2.75) is 56.1 Å². The van der Waals surface area contributed by atoms with Crippen LogP contribution in [0.1, 0.15) is 55.3 Å². The summed E-state index contributed by atoms with van der Waals surface area (Å²) < 4.78 is 1.52. The molecule has 2 aromatic rings. The SMILES string of the molecule is Cn1nnnc1SCC(=O)Nc1ccc(C(=O)N[C@@H]2CC[C@@H]3CCCC[C@@H]3C2)cc1. The first-order valence-electron chi connectivity index (χ1n) is 10.6. The molecule has 4 rings (SSSR count). The van der Waals surface area contributed by atoms with Gasteiger partial charge in [-0.2, -0.15) is 0 Å². The second kappa shape index (κ2) is 9.59. The maximum Gasteiger partial charge on any atom is 0.251 e. The van der Waals surface area contributed by atoms with Gasteiger partial charge in [-0.3, -0.25) is 9.59 Å². The summed E-state index contributed by atoms with van der Waals surface area (Å²) in [4.78, 5) is 24.8. The van der Waals surface area contributed by atoms with E-state index in [1.165, 1.54) is 48.5 Å². The lowest BCUT2D eigenvalue weighted by Crippen LogP contribution is -2.41. The molecule has 2 saturated carbocycles. The summed E-state index contributed by atoms with van der Waals surface area (Å²) in [6.45, 7) is 0. The molecule has 0 aliphatic heterocycles. The Balaban J connectivity index is 1.25. The number of fused-ring (bicyclic) bond motifs is 1. The number of rotatable bonds is 6. The Morgan fingerprint density at radius 1 is 1.10 bits per heavy atom. The Hall–Kier alpha value is -2.42. The number of aromatic nitrogens is 4. The minimum atomic E-state index is -0.149. The topological polar surface area (TPSA) is 102 Å². The molecule has 9 heteroatoms.